The smallest absolute Gasteiger partial charge is 0.172 e. The molecule has 1 aliphatic rings. The molecule has 2 atom stereocenters. The van der Waals surface area contributed by atoms with E-state index in [9.17, 15) is 4.79 Å². The number of benzene rings is 1. The molecule has 0 aliphatic heterocycles. The van der Waals surface area contributed by atoms with Crippen molar-refractivity contribution in [2.75, 3.05) is 13.7 Å². The Morgan fingerprint density at radius 2 is 1.92 bits per heavy atom. The lowest BCUT2D eigenvalue weighted by molar-refractivity contribution is 0.111. The van der Waals surface area contributed by atoms with Crippen molar-refractivity contribution >= 4 is 6.29 Å². The van der Waals surface area contributed by atoms with Crippen molar-refractivity contribution in [3.8, 4) is 11.5 Å². The maximum Gasteiger partial charge on any atom is 0.172 e. The van der Waals surface area contributed by atoms with Gasteiger partial charge in [0.25, 0.3) is 0 Å². The van der Waals surface area contributed by atoms with E-state index in [0.717, 1.165) is 24.9 Å². The van der Waals surface area contributed by atoms with E-state index in [1.54, 1.807) is 25.4 Å². The fraction of sp³-hybridized carbons (Fsp3) is 0.400. The van der Waals surface area contributed by atoms with E-state index >= 15 is 0 Å². The molecule has 0 spiro atoms. The lowest BCUT2D eigenvalue weighted by Gasteiger charge is -2.32. The lowest BCUT2D eigenvalue weighted by Crippen LogP contribution is -2.24. The van der Waals surface area contributed by atoms with Gasteiger partial charge in [-0.1, -0.05) is 31.0 Å². The van der Waals surface area contributed by atoms with Gasteiger partial charge in [-0.25, -0.2) is 4.98 Å². The molecular formula is C20H23NO3. The van der Waals surface area contributed by atoms with Gasteiger partial charge in [0.15, 0.2) is 6.29 Å². The van der Waals surface area contributed by atoms with Crippen LogP contribution in [-0.4, -0.2) is 25.0 Å². The summed E-state index contributed by atoms with van der Waals surface area (Å²) in [5, 5.41) is 0. The summed E-state index contributed by atoms with van der Waals surface area (Å²) < 4.78 is 11.5. The van der Waals surface area contributed by atoms with Crippen LogP contribution in [0.3, 0.4) is 0 Å². The van der Waals surface area contributed by atoms with Gasteiger partial charge in [0, 0.05) is 6.20 Å². The molecule has 0 amide bonds. The average Bonchev–Trinajstić information content (AvgIpc) is 2.66. The van der Waals surface area contributed by atoms with Crippen LogP contribution in [0, 0.1) is 5.92 Å². The van der Waals surface area contributed by atoms with E-state index in [0.29, 0.717) is 29.9 Å². The van der Waals surface area contributed by atoms with Gasteiger partial charge < -0.3 is 9.47 Å². The van der Waals surface area contributed by atoms with Crippen LogP contribution in [0.25, 0.3) is 0 Å². The largest absolute Gasteiger partial charge is 0.496 e. The Morgan fingerprint density at radius 3 is 2.75 bits per heavy atom. The molecule has 4 heteroatoms. The summed E-state index contributed by atoms with van der Waals surface area (Å²) in [6.45, 7) is 0.593. The summed E-state index contributed by atoms with van der Waals surface area (Å²) in [5.74, 6) is 2.35. The Labute approximate surface area is 142 Å². The highest BCUT2D eigenvalue weighted by Gasteiger charge is 2.29. The van der Waals surface area contributed by atoms with Gasteiger partial charge in [-0.3, -0.25) is 4.79 Å². The van der Waals surface area contributed by atoms with Gasteiger partial charge in [-0.15, -0.1) is 0 Å². The zero-order valence-corrected chi connectivity index (χ0v) is 14.0. The Morgan fingerprint density at radius 1 is 1.12 bits per heavy atom. The monoisotopic (exact) mass is 325 g/mol. The number of methoxy groups -OCH3 is 1. The highest BCUT2D eigenvalue weighted by Crippen LogP contribution is 2.41. The molecule has 1 heterocycles. The van der Waals surface area contributed by atoms with Crippen molar-refractivity contribution in [1.82, 2.24) is 4.98 Å². The minimum atomic E-state index is 0.363. The summed E-state index contributed by atoms with van der Waals surface area (Å²) in [6, 6.07) is 11.8. The minimum absolute atomic E-state index is 0.363. The number of carbonyl (C=O) groups excluding carboxylic acids is 1. The SMILES string of the molecule is COc1ccccc1C1CCCCC1COc1cccnc1C=O. The number of pyridine rings is 1. The lowest BCUT2D eigenvalue weighted by atomic mass is 9.75. The fourth-order valence-electron chi connectivity index (χ4n) is 3.60. The number of aromatic nitrogens is 1. The summed E-state index contributed by atoms with van der Waals surface area (Å²) in [4.78, 5) is 15.1. The molecule has 126 valence electrons. The van der Waals surface area contributed by atoms with Crippen molar-refractivity contribution < 1.29 is 14.3 Å². The van der Waals surface area contributed by atoms with Crippen molar-refractivity contribution in [3.63, 3.8) is 0 Å². The number of ether oxygens (including phenoxy) is 2. The molecule has 2 aromatic rings. The van der Waals surface area contributed by atoms with E-state index < -0.39 is 0 Å². The van der Waals surface area contributed by atoms with Crippen LogP contribution in [0.4, 0.5) is 0 Å². The zero-order chi connectivity index (χ0) is 16.8. The number of carbonyl (C=O) groups is 1. The minimum Gasteiger partial charge on any atom is -0.496 e. The molecule has 1 saturated carbocycles. The maximum atomic E-state index is 11.1. The van der Waals surface area contributed by atoms with Gasteiger partial charge in [-0.05, 0) is 48.4 Å². The summed E-state index contributed by atoms with van der Waals surface area (Å²) in [5.41, 5.74) is 1.62. The van der Waals surface area contributed by atoms with Crippen molar-refractivity contribution in [2.45, 2.75) is 31.6 Å². The van der Waals surface area contributed by atoms with Gasteiger partial charge in [-0.2, -0.15) is 0 Å². The molecule has 0 bridgehead atoms. The maximum absolute atomic E-state index is 11.1. The third kappa shape index (κ3) is 3.58. The van der Waals surface area contributed by atoms with Gasteiger partial charge in [0.1, 0.15) is 17.2 Å². The van der Waals surface area contributed by atoms with Crippen molar-refractivity contribution in [3.05, 3.63) is 53.9 Å². The third-order valence-corrected chi connectivity index (χ3v) is 4.81. The third-order valence-electron chi connectivity index (χ3n) is 4.81. The highest BCUT2D eigenvalue weighted by molar-refractivity contribution is 5.75. The van der Waals surface area contributed by atoms with Crippen LogP contribution < -0.4 is 9.47 Å². The zero-order valence-electron chi connectivity index (χ0n) is 14.0. The number of hydrogen-bond acceptors (Lipinski definition) is 4. The Kier molecular flexibility index (Phi) is 5.47. The van der Waals surface area contributed by atoms with Crippen LogP contribution >= 0.6 is 0 Å². The second kappa shape index (κ2) is 7.95. The average molecular weight is 325 g/mol. The molecule has 0 radical (unpaired) electrons. The Balaban J connectivity index is 1.76. The molecule has 2 unspecified atom stereocenters. The van der Waals surface area contributed by atoms with E-state index in [-0.39, 0.29) is 0 Å². The summed E-state index contributed by atoms with van der Waals surface area (Å²) in [7, 11) is 1.72. The molecule has 4 nitrogen and oxygen atoms in total. The van der Waals surface area contributed by atoms with Crippen LogP contribution in [0.15, 0.2) is 42.6 Å². The van der Waals surface area contributed by atoms with E-state index in [2.05, 4.69) is 17.1 Å². The normalized spacial score (nSPS) is 20.4. The second-order valence-electron chi connectivity index (χ2n) is 6.21. The summed E-state index contributed by atoms with van der Waals surface area (Å²) >= 11 is 0. The first kappa shape index (κ1) is 16.5. The standard InChI is InChI=1S/C20H23NO3/c1-23-19-10-5-4-9-17(19)16-8-3-2-7-15(16)14-24-20-11-6-12-21-18(20)13-22/h4-6,9-13,15-16H,2-3,7-8,14H2,1H3. The number of para-hydroxylation sites is 1. The highest BCUT2D eigenvalue weighted by atomic mass is 16.5. The molecule has 1 aromatic heterocycles. The molecule has 0 saturated heterocycles. The number of aldehydes is 1. The Bertz CT molecular complexity index is 686. The molecule has 1 aliphatic carbocycles. The fourth-order valence-corrected chi connectivity index (χ4v) is 3.60. The first-order chi connectivity index (χ1) is 11.8. The van der Waals surface area contributed by atoms with Crippen LogP contribution in [0.2, 0.25) is 0 Å². The molecule has 1 fully saturated rings. The molecule has 0 N–H and O–H groups in total. The van der Waals surface area contributed by atoms with E-state index in [4.69, 9.17) is 9.47 Å². The van der Waals surface area contributed by atoms with Gasteiger partial charge in [0.2, 0.25) is 0 Å². The molecular weight excluding hydrogens is 302 g/mol. The number of nitrogens with zero attached hydrogens (tertiary/aromatic N) is 1. The quantitative estimate of drug-likeness (QED) is 0.745. The van der Waals surface area contributed by atoms with E-state index in [1.165, 1.54) is 18.4 Å². The van der Waals surface area contributed by atoms with E-state index in [1.807, 2.05) is 12.1 Å². The second-order valence-corrected chi connectivity index (χ2v) is 6.21. The van der Waals surface area contributed by atoms with Crippen molar-refractivity contribution in [2.24, 2.45) is 5.92 Å². The molecule has 1 aromatic carbocycles. The molecule has 24 heavy (non-hydrogen) atoms. The first-order valence-corrected chi connectivity index (χ1v) is 8.49. The van der Waals surface area contributed by atoms with Crippen LogP contribution in [-0.2, 0) is 0 Å². The van der Waals surface area contributed by atoms with Crippen LogP contribution in [0.5, 0.6) is 11.5 Å². The predicted octanol–water partition coefficient (Wildman–Crippen LogP) is 4.26. The number of hydrogen-bond donors (Lipinski definition) is 0. The molecule has 3 rings (SSSR count). The van der Waals surface area contributed by atoms with Gasteiger partial charge >= 0.3 is 0 Å². The van der Waals surface area contributed by atoms with Gasteiger partial charge in [0.05, 0.1) is 13.7 Å². The summed E-state index contributed by atoms with van der Waals surface area (Å²) in [6.07, 6.45) is 7.06. The van der Waals surface area contributed by atoms with Crippen LogP contribution in [0.1, 0.15) is 47.7 Å². The topological polar surface area (TPSA) is 48.4 Å². The predicted molar refractivity (Wildman–Crippen MR) is 92.8 cm³/mol. The number of rotatable bonds is 6. The van der Waals surface area contributed by atoms with Crippen molar-refractivity contribution in [1.29, 1.82) is 0 Å². The first-order valence-electron chi connectivity index (χ1n) is 8.49. The Hall–Kier alpha value is -2.36.